The van der Waals surface area contributed by atoms with Gasteiger partial charge in [0, 0.05) is 37.4 Å². The first-order valence-electron chi connectivity index (χ1n) is 11.2. The minimum Gasteiger partial charge on any atom is -0.368 e. The van der Waals surface area contributed by atoms with Gasteiger partial charge in [-0.15, -0.1) is 0 Å². The molecule has 0 bridgehead atoms. The molecule has 4 rings (SSSR count). The van der Waals surface area contributed by atoms with E-state index in [4.69, 9.17) is 0 Å². The number of halogens is 1. The molecule has 1 N–H and O–H groups in total. The van der Waals surface area contributed by atoms with Crippen LogP contribution < -0.4 is 15.1 Å². The summed E-state index contributed by atoms with van der Waals surface area (Å²) in [5.74, 6) is 0.223. The number of nitrogens with one attached hydrogen (secondary N) is 1. The van der Waals surface area contributed by atoms with E-state index < -0.39 is 0 Å². The highest BCUT2D eigenvalue weighted by atomic mass is 19.1. The van der Waals surface area contributed by atoms with Gasteiger partial charge in [-0.3, -0.25) is 4.79 Å². The Morgan fingerprint density at radius 3 is 2.43 bits per heavy atom. The fourth-order valence-corrected chi connectivity index (χ4v) is 4.82. The van der Waals surface area contributed by atoms with Crippen molar-refractivity contribution >= 4 is 17.3 Å². The Kier molecular flexibility index (Phi) is 6.38. The molecule has 0 spiro atoms. The summed E-state index contributed by atoms with van der Waals surface area (Å²) in [7, 11) is 3.65. The number of nitrogens with zero attached hydrogens (tertiary/aromatic N) is 2. The molecule has 1 amide bonds. The molecule has 2 aromatic carbocycles. The van der Waals surface area contributed by atoms with Crippen LogP contribution in [-0.2, 0) is 0 Å². The Hall–Kier alpha value is -2.40. The van der Waals surface area contributed by atoms with Gasteiger partial charge in [0.15, 0.2) is 0 Å². The van der Waals surface area contributed by atoms with Crippen LogP contribution in [0.25, 0.3) is 0 Å². The second-order valence-corrected chi connectivity index (χ2v) is 8.68. The number of rotatable bonds is 5. The molecule has 1 unspecified atom stereocenters. The molecule has 0 radical (unpaired) electrons. The highest BCUT2D eigenvalue weighted by molar-refractivity contribution is 6.05. The molecule has 1 aliphatic carbocycles. The largest absolute Gasteiger partial charge is 0.368 e. The van der Waals surface area contributed by atoms with Crippen molar-refractivity contribution in [1.82, 2.24) is 5.32 Å². The van der Waals surface area contributed by atoms with Gasteiger partial charge in [0.1, 0.15) is 5.82 Å². The van der Waals surface area contributed by atoms with Crippen molar-refractivity contribution < 1.29 is 9.18 Å². The summed E-state index contributed by atoms with van der Waals surface area (Å²) >= 11 is 0. The van der Waals surface area contributed by atoms with Gasteiger partial charge in [-0.25, -0.2) is 4.39 Å². The van der Waals surface area contributed by atoms with Gasteiger partial charge in [-0.1, -0.05) is 31.4 Å². The first-order valence-corrected chi connectivity index (χ1v) is 11.2. The van der Waals surface area contributed by atoms with Gasteiger partial charge in [-0.05, 0) is 68.1 Å². The molecule has 2 aromatic rings. The smallest absolute Gasteiger partial charge is 0.258 e. The topological polar surface area (TPSA) is 35.6 Å². The van der Waals surface area contributed by atoms with E-state index in [-0.39, 0.29) is 11.7 Å². The quantitative estimate of drug-likeness (QED) is 0.759. The SMILES string of the molecule is CNC1CCN(c2ccc(N(C)C(=O)c3ccc(C4CCCCC4)cc3)cc2F)C1. The second kappa shape index (κ2) is 9.17. The van der Waals surface area contributed by atoms with Crippen LogP contribution >= 0.6 is 0 Å². The van der Waals surface area contributed by atoms with Crippen LogP contribution in [0.15, 0.2) is 42.5 Å². The standard InChI is InChI=1S/C25H32FN3O/c1-27-21-14-15-29(17-21)24-13-12-22(16-23(24)26)28(2)25(30)20-10-8-19(9-11-20)18-6-4-3-5-7-18/h8-13,16,18,21,27H,3-7,14-15,17H2,1-2H3. The molecule has 5 heteroatoms. The zero-order chi connectivity index (χ0) is 21.1. The molecule has 160 valence electrons. The van der Waals surface area contributed by atoms with Gasteiger partial charge in [0.25, 0.3) is 5.91 Å². The van der Waals surface area contributed by atoms with E-state index in [9.17, 15) is 9.18 Å². The zero-order valence-electron chi connectivity index (χ0n) is 18.0. The third-order valence-electron chi connectivity index (χ3n) is 6.79. The first kappa shape index (κ1) is 20.9. The summed E-state index contributed by atoms with van der Waals surface area (Å²) in [6, 6.07) is 13.5. The first-order chi connectivity index (χ1) is 14.6. The van der Waals surface area contributed by atoms with Gasteiger partial charge in [-0.2, -0.15) is 0 Å². The van der Waals surface area contributed by atoms with Crippen LogP contribution in [0.1, 0.15) is 60.4 Å². The van der Waals surface area contributed by atoms with Crippen LogP contribution in [0.4, 0.5) is 15.8 Å². The lowest BCUT2D eigenvalue weighted by atomic mass is 9.84. The van der Waals surface area contributed by atoms with Gasteiger partial charge < -0.3 is 15.1 Å². The number of amides is 1. The molecule has 30 heavy (non-hydrogen) atoms. The lowest BCUT2D eigenvalue weighted by molar-refractivity contribution is 0.0993. The van der Waals surface area contributed by atoms with Crippen molar-refractivity contribution in [2.75, 3.05) is 37.0 Å². The van der Waals surface area contributed by atoms with E-state index >= 15 is 0 Å². The van der Waals surface area contributed by atoms with E-state index in [2.05, 4.69) is 22.3 Å². The lowest BCUT2D eigenvalue weighted by Gasteiger charge is -2.23. The molecule has 1 atom stereocenters. The number of likely N-dealkylation sites (N-methyl/N-ethyl adjacent to an activating group) is 1. The van der Waals surface area contributed by atoms with E-state index in [0.717, 1.165) is 19.5 Å². The van der Waals surface area contributed by atoms with Crippen LogP contribution in [-0.4, -0.2) is 39.1 Å². The van der Waals surface area contributed by atoms with Gasteiger partial charge >= 0.3 is 0 Å². The number of hydrogen-bond donors (Lipinski definition) is 1. The summed E-state index contributed by atoms with van der Waals surface area (Å²) < 4.78 is 14.8. The molecule has 1 heterocycles. The maximum Gasteiger partial charge on any atom is 0.258 e. The predicted octanol–water partition coefficient (Wildman–Crippen LogP) is 4.95. The number of hydrogen-bond acceptors (Lipinski definition) is 3. The van der Waals surface area contributed by atoms with Gasteiger partial charge in [0.2, 0.25) is 0 Å². The Bertz CT molecular complexity index is 876. The van der Waals surface area contributed by atoms with Crippen molar-refractivity contribution in [3.05, 3.63) is 59.4 Å². The summed E-state index contributed by atoms with van der Waals surface area (Å²) in [6.45, 7) is 1.64. The van der Waals surface area contributed by atoms with Crippen LogP contribution in [0.5, 0.6) is 0 Å². The number of carbonyl (C=O) groups excluding carboxylic acids is 1. The highest BCUT2D eigenvalue weighted by Gasteiger charge is 2.24. The summed E-state index contributed by atoms with van der Waals surface area (Å²) in [4.78, 5) is 16.5. The lowest BCUT2D eigenvalue weighted by Crippen LogP contribution is -2.30. The van der Waals surface area contributed by atoms with Crippen molar-refractivity contribution in [2.24, 2.45) is 0 Å². The third-order valence-corrected chi connectivity index (χ3v) is 6.79. The average molecular weight is 410 g/mol. The second-order valence-electron chi connectivity index (χ2n) is 8.68. The molecule has 1 aliphatic heterocycles. The Balaban J connectivity index is 1.45. The Morgan fingerprint density at radius 2 is 1.80 bits per heavy atom. The number of carbonyl (C=O) groups is 1. The minimum absolute atomic E-state index is 0.117. The highest BCUT2D eigenvalue weighted by Crippen LogP contribution is 2.33. The predicted molar refractivity (Wildman–Crippen MR) is 121 cm³/mol. The zero-order valence-corrected chi connectivity index (χ0v) is 18.0. The van der Waals surface area contributed by atoms with E-state index in [0.29, 0.717) is 28.9 Å². The average Bonchev–Trinajstić information content (AvgIpc) is 3.28. The van der Waals surface area contributed by atoms with Crippen LogP contribution in [0.2, 0.25) is 0 Å². The fourth-order valence-electron chi connectivity index (χ4n) is 4.82. The monoisotopic (exact) mass is 409 g/mol. The number of anilines is 2. The molecule has 2 fully saturated rings. The minimum atomic E-state index is -0.281. The maximum atomic E-state index is 14.8. The molecule has 2 aliphatic rings. The molecule has 1 saturated carbocycles. The molecule has 1 saturated heterocycles. The molecule has 0 aromatic heterocycles. The summed E-state index contributed by atoms with van der Waals surface area (Å²) in [5.41, 5.74) is 3.14. The Labute approximate surface area is 179 Å². The third kappa shape index (κ3) is 4.36. The van der Waals surface area contributed by atoms with E-state index in [1.165, 1.54) is 48.6 Å². The summed E-state index contributed by atoms with van der Waals surface area (Å²) in [5, 5.41) is 3.25. The van der Waals surface area contributed by atoms with Crippen molar-refractivity contribution in [3.63, 3.8) is 0 Å². The van der Waals surface area contributed by atoms with Crippen molar-refractivity contribution in [2.45, 2.75) is 50.5 Å². The Morgan fingerprint density at radius 1 is 1.07 bits per heavy atom. The maximum absolute atomic E-state index is 14.8. The fraction of sp³-hybridized carbons (Fsp3) is 0.480. The van der Waals surface area contributed by atoms with Crippen molar-refractivity contribution in [3.8, 4) is 0 Å². The van der Waals surface area contributed by atoms with Gasteiger partial charge in [0.05, 0.1) is 5.69 Å². The van der Waals surface area contributed by atoms with E-state index in [1.54, 1.807) is 13.1 Å². The normalized spacial score (nSPS) is 19.8. The van der Waals surface area contributed by atoms with Crippen LogP contribution in [0.3, 0.4) is 0 Å². The molecular formula is C25H32FN3O. The van der Waals surface area contributed by atoms with E-state index in [1.807, 2.05) is 25.2 Å². The molecule has 4 nitrogen and oxygen atoms in total. The summed E-state index contributed by atoms with van der Waals surface area (Å²) in [6.07, 6.45) is 7.41. The number of benzene rings is 2. The molecular weight excluding hydrogens is 377 g/mol. The van der Waals surface area contributed by atoms with Crippen LogP contribution in [0, 0.1) is 5.82 Å². The van der Waals surface area contributed by atoms with Crippen molar-refractivity contribution in [1.29, 1.82) is 0 Å².